The first-order valence-electron chi connectivity index (χ1n) is 9.15. The van der Waals surface area contributed by atoms with E-state index in [9.17, 15) is 9.59 Å². The van der Waals surface area contributed by atoms with Crippen molar-refractivity contribution in [2.75, 3.05) is 31.3 Å². The van der Waals surface area contributed by atoms with E-state index < -0.39 is 5.91 Å². The quantitative estimate of drug-likeness (QED) is 0.760. The van der Waals surface area contributed by atoms with Gasteiger partial charge in [0, 0.05) is 23.5 Å². The molecule has 3 amide bonds. The summed E-state index contributed by atoms with van der Waals surface area (Å²) in [6.45, 7) is 0.983. The Kier molecular flexibility index (Phi) is 5.76. The molecule has 6 nitrogen and oxygen atoms in total. The van der Waals surface area contributed by atoms with Crippen LogP contribution in [0.15, 0.2) is 42.5 Å². The van der Waals surface area contributed by atoms with Crippen LogP contribution in [0.4, 0.5) is 16.2 Å². The first kappa shape index (κ1) is 18.9. The number of para-hydroxylation sites is 1. The number of nitrogens with one attached hydrogen (secondary N) is 2. The van der Waals surface area contributed by atoms with Crippen LogP contribution in [0.5, 0.6) is 0 Å². The normalized spacial score (nSPS) is 15.9. The summed E-state index contributed by atoms with van der Waals surface area (Å²) in [5.74, 6) is 0.0506. The summed E-state index contributed by atoms with van der Waals surface area (Å²) < 4.78 is 0. The molecule has 1 aliphatic rings. The fraction of sp³-hybridized carbons (Fsp3) is 0.333. The number of carbonyl (C=O) groups excluding carboxylic acids is 2. The van der Waals surface area contributed by atoms with Crippen LogP contribution in [0, 0.1) is 5.92 Å². The predicted molar refractivity (Wildman–Crippen MR) is 108 cm³/mol. The lowest BCUT2D eigenvalue weighted by atomic mass is 9.81. The lowest BCUT2D eigenvalue weighted by Crippen LogP contribution is -2.29. The van der Waals surface area contributed by atoms with Crippen molar-refractivity contribution < 1.29 is 9.59 Å². The van der Waals surface area contributed by atoms with Gasteiger partial charge in [-0.3, -0.25) is 4.79 Å². The number of urea groups is 1. The highest BCUT2D eigenvalue weighted by molar-refractivity contribution is 6.01. The van der Waals surface area contributed by atoms with Crippen LogP contribution in [-0.2, 0) is 12.8 Å². The monoisotopic (exact) mass is 366 g/mol. The maximum Gasteiger partial charge on any atom is 0.323 e. The lowest BCUT2D eigenvalue weighted by Gasteiger charge is -2.28. The van der Waals surface area contributed by atoms with E-state index in [1.807, 2.05) is 36.4 Å². The van der Waals surface area contributed by atoms with Crippen molar-refractivity contribution >= 4 is 23.3 Å². The molecule has 1 atom stereocenters. The van der Waals surface area contributed by atoms with Crippen molar-refractivity contribution in [1.29, 1.82) is 0 Å². The second-order valence-corrected chi connectivity index (χ2v) is 7.34. The Hall–Kier alpha value is -2.86. The van der Waals surface area contributed by atoms with E-state index in [0.29, 0.717) is 22.9 Å². The van der Waals surface area contributed by atoms with E-state index in [1.54, 1.807) is 6.07 Å². The van der Waals surface area contributed by atoms with Gasteiger partial charge in [-0.15, -0.1) is 0 Å². The molecule has 27 heavy (non-hydrogen) atoms. The number of rotatable bonds is 5. The van der Waals surface area contributed by atoms with E-state index in [4.69, 9.17) is 5.73 Å². The fourth-order valence-electron chi connectivity index (χ4n) is 3.73. The standard InChI is InChI=1S/C21H26N4O2/c1-25(2)13-14-8-9-15-11-17(12-19(20(22)26)18(15)10-14)24-21(27)23-16-6-4-3-5-7-16/h3-7,11-12,14H,8-10,13H2,1-2H3,(H2,22,26)(H2,23,24,27). The van der Waals surface area contributed by atoms with Gasteiger partial charge in [0.2, 0.25) is 5.91 Å². The number of nitrogens with two attached hydrogens (primary N) is 1. The molecule has 4 N–H and O–H groups in total. The van der Waals surface area contributed by atoms with Gasteiger partial charge in [0.1, 0.15) is 0 Å². The number of benzene rings is 2. The third kappa shape index (κ3) is 4.86. The van der Waals surface area contributed by atoms with Crippen molar-refractivity contribution in [2.45, 2.75) is 19.3 Å². The van der Waals surface area contributed by atoms with Crippen LogP contribution in [-0.4, -0.2) is 37.5 Å². The largest absolute Gasteiger partial charge is 0.366 e. The van der Waals surface area contributed by atoms with Crippen LogP contribution < -0.4 is 16.4 Å². The number of aryl methyl sites for hydroxylation is 1. The molecule has 0 bridgehead atoms. The van der Waals surface area contributed by atoms with Gasteiger partial charge in [-0.05, 0) is 74.7 Å². The molecule has 0 aliphatic heterocycles. The fourth-order valence-corrected chi connectivity index (χ4v) is 3.73. The van der Waals surface area contributed by atoms with Gasteiger partial charge in [-0.25, -0.2) is 4.79 Å². The van der Waals surface area contributed by atoms with Gasteiger partial charge < -0.3 is 21.3 Å². The van der Waals surface area contributed by atoms with Gasteiger partial charge in [0.05, 0.1) is 0 Å². The Morgan fingerprint density at radius 1 is 1.11 bits per heavy atom. The zero-order chi connectivity index (χ0) is 19.4. The highest BCUT2D eigenvalue weighted by Gasteiger charge is 2.24. The molecule has 0 spiro atoms. The number of carbonyl (C=O) groups is 2. The van der Waals surface area contributed by atoms with E-state index in [2.05, 4.69) is 29.6 Å². The Labute approximate surface area is 159 Å². The minimum atomic E-state index is -0.455. The molecule has 0 fully saturated rings. The van der Waals surface area contributed by atoms with Crippen LogP contribution in [0.1, 0.15) is 27.9 Å². The van der Waals surface area contributed by atoms with Gasteiger partial charge in [0.15, 0.2) is 0 Å². The Morgan fingerprint density at radius 3 is 2.48 bits per heavy atom. The molecule has 1 aliphatic carbocycles. The summed E-state index contributed by atoms with van der Waals surface area (Å²) in [5.41, 5.74) is 9.54. The van der Waals surface area contributed by atoms with Crippen LogP contribution in [0.3, 0.4) is 0 Å². The topological polar surface area (TPSA) is 87.5 Å². The summed E-state index contributed by atoms with van der Waals surface area (Å²) in [6, 6.07) is 12.5. The highest BCUT2D eigenvalue weighted by Crippen LogP contribution is 2.31. The molecule has 3 rings (SSSR count). The average Bonchev–Trinajstić information content (AvgIpc) is 2.61. The molecule has 0 heterocycles. The second kappa shape index (κ2) is 8.22. The summed E-state index contributed by atoms with van der Waals surface area (Å²) in [7, 11) is 4.12. The average molecular weight is 366 g/mol. The third-order valence-corrected chi connectivity index (χ3v) is 4.84. The van der Waals surface area contributed by atoms with Gasteiger partial charge >= 0.3 is 6.03 Å². The number of amides is 3. The number of hydrogen-bond donors (Lipinski definition) is 3. The van der Waals surface area contributed by atoms with Crippen molar-refractivity contribution in [3.05, 3.63) is 59.2 Å². The summed E-state index contributed by atoms with van der Waals surface area (Å²) >= 11 is 0. The minimum Gasteiger partial charge on any atom is -0.366 e. The Morgan fingerprint density at radius 2 is 1.81 bits per heavy atom. The Bertz CT molecular complexity index is 834. The van der Waals surface area contributed by atoms with Crippen molar-refractivity contribution in [3.8, 4) is 0 Å². The number of nitrogens with zero attached hydrogens (tertiary/aromatic N) is 1. The van der Waals surface area contributed by atoms with E-state index in [0.717, 1.165) is 36.9 Å². The number of fused-ring (bicyclic) bond motifs is 1. The van der Waals surface area contributed by atoms with Crippen LogP contribution in [0.2, 0.25) is 0 Å². The van der Waals surface area contributed by atoms with E-state index in [-0.39, 0.29) is 6.03 Å². The van der Waals surface area contributed by atoms with Gasteiger partial charge in [-0.1, -0.05) is 18.2 Å². The van der Waals surface area contributed by atoms with Gasteiger partial charge in [-0.2, -0.15) is 0 Å². The molecule has 0 radical (unpaired) electrons. The van der Waals surface area contributed by atoms with Crippen molar-refractivity contribution in [2.24, 2.45) is 11.7 Å². The van der Waals surface area contributed by atoms with E-state index >= 15 is 0 Å². The first-order chi connectivity index (χ1) is 12.9. The van der Waals surface area contributed by atoms with Crippen LogP contribution >= 0.6 is 0 Å². The Balaban J connectivity index is 1.79. The van der Waals surface area contributed by atoms with Gasteiger partial charge in [0.25, 0.3) is 0 Å². The number of primary amides is 1. The molecule has 0 saturated carbocycles. The number of anilines is 2. The third-order valence-electron chi connectivity index (χ3n) is 4.84. The second-order valence-electron chi connectivity index (χ2n) is 7.34. The molecule has 6 heteroatoms. The lowest BCUT2D eigenvalue weighted by molar-refractivity contribution is 0.0998. The molecule has 2 aromatic carbocycles. The maximum absolute atomic E-state index is 12.3. The number of hydrogen-bond acceptors (Lipinski definition) is 3. The summed E-state index contributed by atoms with van der Waals surface area (Å²) in [4.78, 5) is 26.4. The zero-order valence-electron chi connectivity index (χ0n) is 15.8. The molecular weight excluding hydrogens is 340 g/mol. The highest BCUT2D eigenvalue weighted by atomic mass is 16.2. The van der Waals surface area contributed by atoms with Crippen molar-refractivity contribution in [1.82, 2.24) is 4.90 Å². The molecular formula is C21H26N4O2. The smallest absolute Gasteiger partial charge is 0.323 e. The molecule has 142 valence electrons. The SMILES string of the molecule is CN(C)CC1CCc2cc(NC(=O)Nc3ccccc3)cc(C(N)=O)c2C1. The molecule has 0 aromatic heterocycles. The predicted octanol–water partition coefficient (Wildman–Crippen LogP) is 3.10. The van der Waals surface area contributed by atoms with E-state index in [1.165, 1.54) is 0 Å². The minimum absolute atomic E-state index is 0.349. The summed E-state index contributed by atoms with van der Waals surface area (Å²) in [6.07, 6.45) is 2.77. The molecule has 0 saturated heterocycles. The first-order valence-corrected chi connectivity index (χ1v) is 9.15. The molecule has 2 aromatic rings. The van der Waals surface area contributed by atoms with Crippen molar-refractivity contribution in [3.63, 3.8) is 0 Å². The van der Waals surface area contributed by atoms with Crippen LogP contribution in [0.25, 0.3) is 0 Å². The molecule has 1 unspecified atom stereocenters. The maximum atomic E-state index is 12.3. The summed E-state index contributed by atoms with van der Waals surface area (Å²) in [5, 5.41) is 5.59. The zero-order valence-corrected chi connectivity index (χ0v) is 15.8.